The van der Waals surface area contributed by atoms with Crippen LogP contribution >= 0.6 is 23.1 Å². The van der Waals surface area contributed by atoms with Crippen molar-refractivity contribution in [2.24, 2.45) is 0 Å². The van der Waals surface area contributed by atoms with Crippen LogP contribution in [0.1, 0.15) is 20.3 Å². The number of thiophene rings is 1. The van der Waals surface area contributed by atoms with Crippen molar-refractivity contribution in [1.82, 2.24) is 14.9 Å². The summed E-state index contributed by atoms with van der Waals surface area (Å²) in [6.45, 7) is 8.10. The molecule has 146 valence electrons. The summed E-state index contributed by atoms with van der Waals surface area (Å²) >= 11 is 2.73. The Morgan fingerprint density at radius 1 is 1.39 bits per heavy atom. The van der Waals surface area contributed by atoms with Gasteiger partial charge in [-0.2, -0.15) is 0 Å². The van der Waals surface area contributed by atoms with E-state index in [9.17, 15) is 9.59 Å². The molecule has 0 saturated carbocycles. The zero-order chi connectivity index (χ0) is 20.1. The molecule has 7 heteroatoms. The van der Waals surface area contributed by atoms with E-state index in [1.807, 2.05) is 49.6 Å². The van der Waals surface area contributed by atoms with Gasteiger partial charge in [0.25, 0.3) is 5.56 Å². The van der Waals surface area contributed by atoms with E-state index >= 15 is 0 Å². The maximum Gasteiger partial charge on any atom is 0.263 e. The zero-order valence-corrected chi connectivity index (χ0v) is 17.6. The minimum absolute atomic E-state index is 0.0602. The number of carbonyl (C=O) groups excluding carboxylic acids is 1. The first-order valence-corrected chi connectivity index (χ1v) is 11.0. The van der Waals surface area contributed by atoms with Crippen molar-refractivity contribution in [3.63, 3.8) is 0 Å². The Morgan fingerprint density at radius 3 is 2.82 bits per heavy atom. The second kappa shape index (κ2) is 9.21. The van der Waals surface area contributed by atoms with Crippen LogP contribution < -0.4 is 10.9 Å². The number of hydrogen-bond donors (Lipinski definition) is 1. The highest BCUT2D eigenvalue weighted by molar-refractivity contribution is 7.99. The molecule has 0 spiro atoms. The summed E-state index contributed by atoms with van der Waals surface area (Å²) in [4.78, 5) is 30.7. The predicted molar refractivity (Wildman–Crippen MR) is 118 cm³/mol. The van der Waals surface area contributed by atoms with Gasteiger partial charge in [-0.25, -0.2) is 4.98 Å². The number of nitrogens with zero attached hydrogens (tertiary/aromatic N) is 2. The molecule has 0 radical (unpaired) electrons. The first kappa shape index (κ1) is 20.4. The van der Waals surface area contributed by atoms with E-state index in [-0.39, 0.29) is 23.3 Å². The van der Waals surface area contributed by atoms with Crippen molar-refractivity contribution in [2.75, 3.05) is 5.75 Å². The molecule has 28 heavy (non-hydrogen) atoms. The summed E-state index contributed by atoms with van der Waals surface area (Å²) in [5.74, 6) is 0.158. The van der Waals surface area contributed by atoms with Crippen molar-refractivity contribution in [2.45, 2.75) is 38.0 Å². The van der Waals surface area contributed by atoms with Crippen molar-refractivity contribution in [3.8, 4) is 11.1 Å². The highest BCUT2D eigenvalue weighted by Crippen LogP contribution is 2.32. The summed E-state index contributed by atoms with van der Waals surface area (Å²) < 4.78 is 1.59. The van der Waals surface area contributed by atoms with Crippen molar-refractivity contribution >= 4 is 39.2 Å². The third-order valence-electron chi connectivity index (χ3n) is 4.41. The molecular weight excluding hydrogens is 390 g/mol. The van der Waals surface area contributed by atoms with Crippen LogP contribution in [0.25, 0.3) is 21.3 Å². The molecule has 0 aliphatic rings. The van der Waals surface area contributed by atoms with Gasteiger partial charge in [0.1, 0.15) is 4.83 Å². The molecule has 0 bridgehead atoms. The number of rotatable bonds is 8. The van der Waals surface area contributed by atoms with Gasteiger partial charge >= 0.3 is 0 Å². The number of hydrogen-bond acceptors (Lipinski definition) is 5. The van der Waals surface area contributed by atoms with E-state index in [0.29, 0.717) is 21.9 Å². The first-order chi connectivity index (χ1) is 13.5. The van der Waals surface area contributed by atoms with Crippen LogP contribution in [-0.2, 0) is 11.3 Å². The second-order valence-electron chi connectivity index (χ2n) is 6.46. The predicted octanol–water partition coefficient (Wildman–Crippen LogP) is 4.32. The Hall–Kier alpha value is -2.38. The first-order valence-electron chi connectivity index (χ1n) is 9.15. The van der Waals surface area contributed by atoms with Crippen LogP contribution in [0, 0.1) is 0 Å². The number of aromatic nitrogens is 2. The normalized spacial score (nSPS) is 12.1. The van der Waals surface area contributed by atoms with E-state index < -0.39 is 0 Å². The summed E-state index contributed by atoms with van der Waals surface area (Å²) in [5, 5.41) is 6.06. The fourth-order valence-corrected chi connectivity index (χ4v) is 4.59. The molecule has 1 amide bonds. The Bertz CT molecular complexity index is 1040. The number of carbonyl (C=O) groups is 1. The number of fused-ring (bicyclic) bond motifs is 1. The molecule has 0 saturated heterocycles. The molecule has 3 aromatic rings. The summed E-state index contributed by atoms with van der Waals surface area (Å²) in [6.07, 6.45) is 2.55. The fourth-order valence-electron chi connectivity index (χ4n) is 2.78. The SMILES string of the molecule is C=CCn1c(SCC(=O)NC(C)CC)nc2scc(-c3ccccc3)c2c1=O. The van der Waals surface area contributed by atoms with Crippen molar-refractivity contribution < 1.29 is 4.79 Å². The van der Waals surface area contributed by atoms with Gasteiger partial charge in [0.05, 0.1) is 11.1 Å². The van der Waals surface area contributed by atoms with Gasteiger partial charge in [0.15, 0.2) is 5.16 Å². The molecule has 2 aromatic heterocycles. The highest BCUT2D eigenvalue weighted by atomic mass is 32.2. The molecule has 1 unspecified atom stereocenters. The molecule has 5 nitrogen and oxygen atoms in total. The molecular formula is C21H23N3O2S2. The van der Waals surface area contributed by atoms with Crippen LogP contribution in [0.2, 0.25) is 0 Å². The Kier molecular flexibility index (Phi) is 6.70. The summed E-state index contributed by atoms with van der Waals surface area (Å²) in [7, 11) is 0. The lowest BCUT2D eigenvalue weighted by atomic mass is 10.1. The third kappa shape index (κ3) is 4.36. The number of thioether (sulfide) groups is 1. The molecule has 3 rings (SSSR count). The minimum Gasteiger partial charge on any atom is -0.353 e. The molecule has 0 aliphatic carbocycles. The smallest absolute Gasteiger partial charge is 0.263 e. The van der Waals surface area contributed by atoms with E-state index in [2.05, 4.69) is 16.9 Å². The zero-order valence-electron chi connectivity index (χ0n) is 16.0. The lowest BCUT2D eigenvalue weighted by Crippen LogP contribution is -2.33. The van der Waals surface area contributed by atoms with Crippen molar-refractivity contribution in [3.05, 3.63) is 58.7 Å². The maximum atomic E-state index is 13.2. The molecule has 1 N–H and O–H groups in total. The monoisotopic (exact) mass is 413 g/mol. The number of nitrogens with one attached hydrogen (secondary N) is 1. The second-order valence-corrected chi connectivity index (χ2v) is 8.26. The summed E-state index contributed by atoms with van der Waals surface area (Å²) in [5.41, 5.74) is 1.78. The van der Waals surface area contributed by atoms with Gasteiger partial charge in [-0.1, -0.05) is 55.1 Å². The van der Waals surface area contributed by atoms with Gasteiger partial charge in [-0.3, -0.25) is 14.2 Å². The van der Waals surface area contributed by atoms with E-state index in [4.69, 9.17) is 0 Å². The van der Waals surface area contributed by atoms with Crippen LogP contribution in [0.3, 0.4) is 0 Å². The molecule has 1 aromatic carbocycles. The fraction of sp³-hybridized carbons (Fsp3) is 0.286. The Labute approximate surface area is 172 Å². The number of amides is 1. The van der Waals surface area contributed by atoms with Gasteiger partial charge in [-0.15, -0.1) is 17.9 Å². The third-order valence-corrected chi connectivity index (χ3v) is 6.26. The van der Waals surface area contributed by atoms with Crippen LogP contribution in [0.4, 0.5) is 0 Å². The van der Waals surface area contributed by atoms with Gasteiger partial charge in [0.2, 0.25) is 5.91 Å². The topological polar surface area (TPSA) is 64.0 Å². The van der Waals surface area contributed by atoms with Crippen LogP contribution in [0.5, 0.6) is 0 Å². The van der Waals surface area contributed by atoms with Crippen molar-refractivity contribution in [1.29, 1.82) is 0 Å². The standard InChI is InChI=1S/C21H23N3O2S2/c1-4-11-24-20(26)18-16(15-9-7-6-8-10-15)12-27-19(18)23-21(24)28-13-17(25)22-14(3)5-2/h4,6-10,12,14H,1,5,11,13H2,2-3H3,(H,22,25). The van der Waals surface area contributed by atoms with E-state index in [1.165, 1.54) is 23.1 Å². The van der Waals surface area contributed by atoms with E-state index in [0.717, 1.165) is 17.5 Å². The van der Waals surface area contributed by atoms with Gasteiger partial charge in [-0.05, 0) is 18.9 Å². The molecule has 0 aliphatic heterocycles. The maximum absolute atomic E-state index is 13.2. The lowest BCUT2D eigenvalue weighted by Gasteiger charge is -2.13. The lowest BCUT2D eigenvalue weighted by molar-refractivity contribution is -0.119. The molecule has 0 fully saturated rings. The number of benzene rings is 1. The van der Waals surface area contributed by atoms with E-state index in [1.54, 1.807) is 10.6 Å². The van der Waals surface area contributed by atoms with Gasteiger partial charge < -0.3 is 5.32 Å². The average Bonchev–Trinajstić information content (AvgIpc) is 3.13. The average molecular weight is 414 g/mol. The quantitative estimate of drug-likeness (QED) is 0.339. The largest absolute Gasteiger partial charge is 0.353 e. The summed E-state index contributed by atoms with van der Waals surface area (Å²) in [6, 6.07) is 9.96. The van der Waals surface area contributed by atoms with Crippen LogP contribution in [0.15, 0.2) is 58.3 Å². The molecule has 1 atom stereocenters. The van der Waals surface area contributed by atoms with Crippen LogP contribution in [-0.4, -0.2) is 27.3 Å². The Balaban J connectivity index is 1.98. The van der Waals surface area contributed by atoms with Gasteiger partial charge in [0, 0.05) is 23.5 Å². The highest BCUT2D eigenvalue weighted by Gasteiger charge is 2.18. The molecule has 2 heterocycles. The minimum atomic E-state index is -0.102. The Morgan fingerprint density at radius 2 is 2.14 bits per heavy atom. The number of allylic oxidation sites excluding steroid dienone is 1.